The van der Waals surface area contributed by atoms with Crippen LogP contribution < -0.4 is 0 Å². The quantitative estimate of drug-likeness (QED) is 0.420. The summed E-state index contributed by atoms with van der Waals surface area (Å²) in [5, 5.41) is 10.5. The van der Waals surface area contributed by atoms with Crippen molar-refractivity contribution in [1.82, 2.24) is 0 Å². The number of aliphatic hydroxyl groups excluding tert-OH is 1. The second kappa shape index (κ2) is 5.18. The van der Waals surface area contributed by atoms with Gasteiger partial charge in [0.05, 0.1) is 11.7 Å². The summed E-state index contributed by atoms with van der Waals surface area (Å²) < 4.78 is 11.6. The molecule has 1 saturated carbocycles. The van der Waals surface area contributed by atoms with Gasteiger partial charge in [-0.25, -0.2) is 4.79 Å². The van der Waals surface area contributed by atoms with Crippen molar-refractivity contribution >= 4 is 5.97 Å². The number of hydrogen-bond acceptors (Lipinski definition) is 4. The molecule has 1 N–H and O–H groups in total. The largest absolute Gasteiger partial charge is 0.454 e. The minimum atomic E-state index is -0.514. The molecule has 0 unspecified atom stereocenters. The van der Waals surface area contributed by atoms with Crippen LogP contribution >= 0.6 is 0 Å². The Labute approximate surface area is 143 Å². The molecule has 4 rings (SSSR count). The fourth-order valence-electron chi connectivity index (χ4n) is 5.31. The number of aliphatic hydroxyl groups is 1. The van der Waals surface area contributed by atoms with Gasteiger partial charge in [0.1, 0.15) is 12.2 Å². The first-order valence-corrected chi connectivity index (χ1v) is 9.19. The summed E-state index contributed by atoms with van der Waals surface area (Å²) >= 11 is 0. The Morgan fingerprint density at radius 3 is 2.67 bits per heavy atom. The highest BCUT2D eigenvalue weighted by molar-refractivity contribution is 5.93. The molecule has 0 radical (unpaired) electrons. The minimum absolute atomic E-state index is 0.0384. The maximum atomic E-state index is 12.4. The summed E-state index contributed by atoms with van der Waals surface area (Å²) in [5.74, 6) is 0.382. The van der Waals surface area contributed by atoms with Crippen molar-refractivity contribution in [1.29, 1.82) is 0 Å². The molecule has 1 saturated heterocycles. The molecule has 0 aromatic carbocycles. The van der Waals surface area contributed by atoms with Crippen LogP contribution in [0.4, 0.5) is 0 Å². The third-order valence-electron chi connectivity index (χ3n) is 6.83. The second-order valence-electron chi connectivity index (χ2n) is 8.86. The molecule has 4 nitrogen and oxygen atoms in total. The van der Waals surface area contributed by atoms with E-state index < -0.39 is 11.7 Å². The number of ether oxygens (including phenoxy) is 2. The van der Waals surface area contributed by atoms with Crippen LogP contribution in [0.15, 0.2) is 23.3 Å². The molecule has 0 amide bonds. The van der Waals surface area contributed by atoms with Crippen molar-refractivity contribution in [2.75, 3.05) is 0 Å². The maximum absolute atomic E-state index is 12.4. The van der Waals surface area contributed by atoms with Gasteiger partial charge in [0.25, 0.3) is 0 Å². The molecular weight excluding hydrogens is 304 g/mol. The maximum Gasteiger partial charge on any atom is 0.334 e. The molecule has 2 aliphatic carbocycles. The van der Waals surface area contributed by atoms with E-state index in [1.807, 2.05) is 6.92 Å². The van der Waals surface area contributed by atoms with Crippen LogP contribution in [-0.2, 0) is 14.3 Å². The molecule has 4 aliphatic rings. The van der Waals surface area contributed by atoms with Crippen molar-refractivity contribution in [2.45, 2.75) is 83.2 Å². The molecule has 2 aliphatic heterocycles. The SMILES string of the molecule is C=C1CC[C@@H]2CCC3=C([C@@H](C[C@]4(C)O[C@H]4[C@@H](O)C1)OC3=O)C2(C)C. The molecule has 2 fully saturated rings. The molecule has 2 bridgehead atoms. The van der Waals surface area contributed by atoms with Gasteiger partial charge >= 0.3 is 5.97 Å². The fraction of sp³-hybridized carbons (Fsp3) is 0.750. The van der Waals surface area contributed by atoms with Gasteiger partial charge in [0, 0.05) is 12.0 Å². The predicted molar refractivity (Wildman–Crippen MR) is 90.3 cm³/mol. The van der Waals surface area contributed by atoms with Crippen LogP contribution in [0, 0.1) is 11.3 Å². The summed E-state index contributed by atoms with van der Waals surface area (Å²) in [4.78, 5) is 12.4. The van der Waals surface area contributed by atoms with E-state index in [1.54, 1.807) is 0 Å². The van der Waals surface area contributed by atoms with E-state index in [-0.39, 0.29) is 23.6 Å². The number of esters is 1. The lowest BCUT2D eigenvalue weighted by molar-refractivity contribution is -0.140. The summed E-state index contributed by atoms with van der Waals surface area (Å²) in [5.41, 5.74) is 2.75. The zero-order chi connectivity index (χ0) is 17.3. The molecule has 24 heavy (non-hydrogen) atoms. The Morgan fingerprint density at radius 2 is 1.92 bits per heavy atom. The summed E-state index contributed by atoms with van der Waals surface area (Å²) in [6.07, 6.45) is 4.19. The monoisotopic (exact) mass is 332 g/mol. The van der Waals surface area contributed by atoms with Crippen molar-refractivity contribution in [3.8, 4) is 0 Å². The van der Waals surface area contributed by atoms with E-state index in [2.05, 4.69) is 20.4 Å². The van der Waals surface area contributed by atoms with Gasteiger partial charge in [-0.15, -0.1) is 0 Å². The van der Waals surface area contributed by atoms with Crippen molar-refractivity contribution in [2.24, 2.45) is 11.3 Å². The third-order valence-corrected chi connectivity index (χ3v) is 6.83. The molecular formula is C20H28O4. The summed E-state index contributed by atoms with van der Waals surface area (Å²) in [6.45, 7) is 10.7. The van der Waals surface area contributed by atoms with Crippen LogP contribution in [0.5, 0.6) is 0 Å². The van der Waals surface area contributed by atoms with Gasteiger partial charge in [-0.3, -0.25) is 0 Å². The Kier molecular flexibility index (Phi) is 3.53. The number of fused-ring (bicyclic) bond motifs is 2. The van der Waals surface area contributed by atoms with Gasteiger partial charge in [0.15, 0.2) is 0 Å². The molecule has 0 aromatic rings. The van der Waals surface area contributed by atoms with Crippen LogP contribution in [-0.4, -0.2) is 35.0 Å². The van der Waals surface area contributed by atoms with Crippen molar-refractivity contribution in [3.63, 3.8) is 0 Å². The normalized spacial score (nSPS) is 44.3. The van der Waals surface area contributed by atoms with Gasteiger partial charge in [0.2, 0.25) is 0 Å². The third kappa shape index (κ3) is 2.38. The predicted octanol–water partition coefficient (Wildman–Crippen LogP) is 3.29. The average Bonchev–Trinajstić information content (AvgIpc) is 3.04. The Balaban J connectivity index is 1.72. The van der Waals surface area contributed by atoms with E-state index in [9.17, 15) is 9.90 Å². The van der Waals surface area contributed by atoms with Crippen molar-refractivity contribution < 1.29 is 19.4 Å². The van der Waals surface area contributed by atoms with E-state index in [1.165, 1.54) is 5.57 Å². The molecule has 132 valence electrons. The highest BCUT2D eigenvalue weighted by Crippen LogP contribution is 2.55. The van der Waals surface area contributed by atoms with Gasteiger partial charge < -0.3 is 14.6 Å². The number of carbonyl (C=O) groups excluding carboxylic acids is 1. The Hall–Kier alpha value is -1.13. The lowest BCUT2D eigenvalue weighted by Gasteiger charge is -2.41. The van der Waals surface area contributed by atoms with E-state index in [4.69, 9.17) is 9.47 Å². The van der Waals surface area contributed by atoms with Crippen molar-refractivity contribution in [3.05, 3.63) is 23.3 Å². The zero-order valence-corrected chi connectivity index (χ0v) is 14.9. The first kappa shape index (κ1) is 16.3. The first-order chi connectivity index (χ1) is 11.2. The van der Waals surface area contributed by atoms with Gasteiger partial charge in [-0.1, -0.05) is 26.0 Å². The molecule has 0 aromatic heterocycles. The standard InChI is InChI=1S/C20H28O4/c1-11-5-6-12-7-8-13-16(19(12,2)3)15(23-18(13)22)10-20(4)17(24-20)14(21)9-11/h12,14-15,17,21H,1,5-10H2,2-4H3/t12-,14+,15-,17+,20+/m1/s1. The van der Waals surface area contributed by atoms with Crippen LogP contribution in [0.25, 0.3) is 0 Å². The van der Waals surface area contributed by atoms with E-state index in [0.29, 0.717) is 18.8 Å². The lowest BCUT2D eigenvalue weighted by atomic mass is 9.62. The smallest absolute Gasteiger partial charge is 0.334 e. The zero-order valence-electron chi connectivity index (χ0n) is 14.9. The second-order valence-corrected chi connectivity index (χ2v) is 8.86. The topological polar surface area (TPSA) is 59.1 Å². The first-order valence-electron chi connectivity index (χ1n) is 9.19. The Morgan fingerprint density at radius 1 is 1.21 bits per heavy atom. The van der Waals surface area contributed by atoms with E-state index >= 15 is 0 Å². The van der Waals surface area contributed by atoms with Crippen LogP contribution in [0.3, 0.4) is 0 Å². The minimum Gasteiger partial charge on any atom is -0.454 e. The molecule has 4 heteroatoms. The highest BCUT2D eigenvalue weighted by Gasteiger charge is 2.60. The number of hydrogen-bond donors (Lipinski definition) is 1. The van der Waals surface area contributed by atoms with Crippen LogP contribution in [0.1, 0.15) is 59.3 Å². The van der Waals surface area contributed by atoms with Gasteiger partial charge in [-0.05, 0) is 55.9 Å². The average molecular weight is 332 g/mol. The molecule has 5 atom stereocenters. The van der Waals surface area contributed by atoms with Crippen LogP contribution in [0.2, 0.25) is 0 Å². The summed E-state index contributed by atoms with van der Waals surface area (Å²) in [7, 11) is 0. The number of rotatable bonds is 0. The number of carbonyl (C=O) groups is 1. The van der Waals surface area contributed by atoms with E-state index in [0.717, 1.165) is 36.8 Å². The highest BCUT2D eigenvalue weighted by atomic mass is 16.6. The molecule has 2 heterocycles. The Bertz CT molecular complexity index is 632. The summed E-state index contributed by atoms with van der Waals surface area (Å²) in [6, 6.07) is 0. The fourth-order valence-corrected chi connectivity index (χ4v) is 5.31. The molecule has 0 spiro atoms. The van der Waals surface area contributed by atoms with Gasteiger partial charge in [-0.2, -0.15) is 0 Å². The number of epoxide rings is 1. The lowest BCUT2D eigenvalue weighted by Crippen LogP contribution is -2.37.